The lowest BCUT2D eigenvalue weighted by Crippen LogP contribution is -1.88. The molecule has 0 saturated heterocycles. The number of aliphatic hydroxyl groups excluding tert-OH is 1. The summed E-state index contributed by atoms with van der Waals surface area (Å²) in [5.74, 6) is 0.120. The first-order valence-corrected chi connectivity index (χ1v) is 4.58. The maximum Gasteiger partial charge on any atom is 0.143 e. The average molecular weight is 198 g/mol. The van der Waals surface area contributed by atoms with Crippen molar-refractivity contribution in [3.8, 4) is 0 Å². The van der Waals surface area contributed by atoms with Crippen molar-refractivity contribution in [1.29, 1.82) is 0 Å². The molecule has 0 aliphatic heterocycles. The zero-order valence-corrected chi connectivity index (χ0v) is 8.04. The fourth-order valence-electron chi connectivity index (χ4n) is 1.21. The van der Waals surface area contributed by atoms with Crippen LogP contribution < -0.4 is 0 Å². The van der Waals surface area contributed by atoms with Gasteiger partial charge < -0.3 is 5.11 Å². The van der Waals surface area contributed by atoms with Gasteiger partial charge in [-0.15, -0.1) is 0 Å². The van der Waals surface area contributed by atoms with Gasteiger partial charge in [0, 0.05) is 12.4 Å². The first-order chi connectivity index (χ1) is 7.36. The number of aromatic nitrogens is 2. The molecule has 15 heavy (non-hydrogen) atoms. The van der Waals surface area contributed by atoms with E-state index in [-0.39, 0.29) is 5.76 Å². The summed E-state index contributed by atoms with van der Waals surface area (Å²) in [5.41, 5.74) is 1.40. The van der Waals surface area contributed by atoms with Gasteiger partial charge in [0.1, 0.15) is 11.5 Å². The van der Waals surface area contributed by atoms with E-state index in [9.17, 15) is 5.11 Å². The highest BCUT2D eigenvalue weighted by molar-refractivity contribution is 5.74. The minimum Gasteiger partial charge on any atom is -0.506 e. The van der Waals surface area contributed by atoms with Gasteiger partial charge >= 0.3 is 0 Å². The van der Waals surface area contributed by atoms with Gasteiger partial charge in [0.05, 0.1) is 6.20 Å². The Hall–Kier alpha value is -2.16. The molecular weight excluding hydrogens is 188 g/mol. The summed E-state index contributed by atoms with van der Waals surface area (Å²) in [6.45, 7) is 0. The molecule has 0 aliphatic rings. The van der Waals surface area contributed by atoms with Crippen molar-refractivity contribution in [3.05, 3.63) is 60.2 Å². The lowest BCUT2D eigenvalue weighted by molar-refractivity contribution is 0.511. The third-order valence-corrected chi connectivity index (χ3v) is 1.93. The summed E-state index contributed by atoms with van der Waals surface area (Å²) in [6, 6.07) is 9.57. The van der Waals surface area contributed by atoms with E-state index in [4.69, 9.17) is 0 Å². The molecule has 0 atom stereocenters. The molecule has 0 unspecified atom stereocenters. The van der Waals surface area contributed by atoms with Crippen LogP contribution >= 0.6 is 0 Å². The zero-order chi connectivity index (χ0) is 10.5. The molecule has 2 rings (SSSR count). The summed E-state index contributed by atoms with van der Waals surface area (Å²) < 4.78 is 0. The summed E-state index contributed by atoms with van der Waals surface area (Å²) in [6.07, 6.45) is 6.29. The van der Waals surface area contributed by atoms with Crippen LogP contribution in [0.2, 0.25) is 0 Å². The molecule has 3 heteroatoms. The van der Waals surface area contributed by atoms with Crippen molar-refractivity contribution < 1.29 is 5.11 Å². The fourth-order valence-corrected chi connectivity index (χ4v) is 1.21. The van der Waals surface area contributed by atoms with Crippen molar-refractivity contribution in [1.82, 2.24) is 9.97 Å². The van der Waals surface area contributed by atoms with E-state index in [0.717, 1.165) is 5.56 Å². The summed E-state index contributed by atoms with van der Waals surface area (Å²) in [7, 11) is 0. The van der Waals surface area contributed by atoms with E-state index in [0.29, 0.717) is 5.69 Å². The molecule has 2 aromatic rings. The quantitative estimate of drug-likeness (QED) is 0.754. The second-order valence-corrected chi connectivity index (χ2v) is 3.03. The number of hydrogen-bond acceptors (Lipinski definition) is 3. The molecule has 74 valence electrons. The number of aliphatic hydroxyl groups is 1. The predicted molar refractivity (Wildman–Crippen MR) is 59.0 cm³/mol. The number of nitrogens with zero attached hydrogens (tertiary/aromatic N) is 2. The Morgan fingerprint density at radius 3 is 2.60 bits per heavy atom. The molecule has 0 aliphatic carbocycles. The Bertz CT molecular complexity index is 452. The lowest BCUT2D eigenvalue weighted by atomic mass is 10.2. The third kappa shape index (κ3) is 2.40. The molecule has 0 radical (unpaired) electrons. The van der Waals surface area contributed by atoms with Crippen LogP contribution in [0.25, 0.3) is 11.8 Å². The highest BCUT2D eigenvalue weighted by atomic mass is 16.3. The molecule has 1 aromatic carbocycles. The van der Waals surface area contributed by atoms with Gasteiger partial charge in [-0.3, -0.25) is 4.98 Å². The van der Waals surface area contributed by atoms with Crippen LogP contribution in [0.5, 0.6) is 0 Å². The van der Waals surface area contributed by atoms with Gasteiger partial charge in [0.2, 0.25) is 0 Å². The van der Waals surface area contributed by atoms with E-state index in [1.807, 2.05) is 30.3 Å². The van der Waals surface area contributed by atoms with Crippen LogP contribution in [-0.4, -0.2) is 15.1 Å². The number of hydrogen-bond donors (Lipinski definition) is 1. The highest BCUT2D eigenvalue weighted by Crippen LogP contribution is 2.11. The molecule has 0 amide bonds. The summed E-state index contributed by atoms with van der Waals surface area (Å²) >= 11 is 0. The molecular formula is C12H10N2O. The van der Waals surface area contributed by atoms with Gasteiger partial charge in [-0.05, 0) is 11.6 Å². The van der Waals surface area contributed by atoms with Crippen LogP contribution in [0.1, 0.15) is 11.3 Å². The molecule has 0 fully saturated rings. The monoisotopic (exact) mass is 198 g/mol. The molecule has 3 nitrogen and oxygen atoms in total. The molecule has 0 bridgehead atoms. The van der Waals surface area contributed by atoms with Gasteiger partial charge in [0.25, 0.3) is 0 Å². The maximum atomic E-state index is 9.73. The Balaban J connectivity index is 2.29. The first-order valence-electron chi connectivity index (χ1n) is 4.58. The second-order valence-electron chi connectivity index (χ2n) is 3.03. The van der Waals surface area contributed by atoms with Crippen molar-refractivity contribution in [2.75, 3.05) is 0 Å². The van der Waals surface area contributed by atoms with Crippen molar-refractivity contribution in [2.24, 2.45) is 0 Å². The van der Waals surface area contributed by atoms with Gasteiger partial charge in [0.15, 0.2) is 0 Å². The number of rotatable bonds is 2. The van der Waals surface area contributed by atoms with Crippen LogP contribution in [0.3, 0.4) is 0 Å². The van der Waals surface area contributed by atoms with E-state index >= 15 is 0 Å². The normalized spacial score (nSPS) is 11.3. The molecule has 0 saturated carbocycles. The standard InChI is InChI=1S/C12H10N2O/c15-12(11-9-13-6-7-14-11)8-10-4-2-1-3-5-10/h1-9,15H/b12-8+. The predicted octanol–water partition coefficient (Wildman–Crippen LogP) is 2.53. The van der Waals surface area contributed by atoms with Gasteiger partial charge in [-0.1, -0.05) is 30.3 Å². The molecule has 0 spiro atoms. The van der Waals surface area contributed by atoms with E-state index in [2.05, 4.69) is 9.97 Å². The number of benzene rings is 1. The fraction of sp³-hybridized carbons (Fsp3) is 0. The van der Waals surface area contributed by atoms with E-state index in [1.54, 1.807) is 18.5 Å². The van der Waals surface area contributed by atoms with Crippen LogP contribution in [0.15, 0.2) is 48.9 Å². The summed E-state index contributed by atoms with van der Waals surface area (Å²) in [5, 5.41) is 9.73. The Morgan fingerprint density at radius 2 is 1.93 bits per heavy atom. The maximum absolute atomic E-state index is 9.73. The molecule has 1 N–H and O–H groups in total. The Kier molecular flexibility index (Phi) is 2.74. The smallest absolute Gasteiger partial charge is 0.143 e. The second kappa shape index (κ2) is 4.37. The molecule has 1 heterocycles. The van der Waals surface area contributed by atoms with E-state index in [1.165, 1.54) is 6.20 Å². The topological polar surface area (TPSA) is 46.0 Å². The Morgan fingerprint density at radius 1 is 1.13 bits per heavy atom. The van der Waals surface area contributed by atoms with Crippen molar-refractivity contribution in [2.45, 2.75) is 0 Å². The van der Waals surface area contributed by atoms with Gasteiger partial charge in [-0.25, -0.2) is 4.98 Å². The first kappa shape index (κ1) is 9.40. The largest absolute Gasteiger partial charge is 0.506 e. The minimum atomic E-state index is 0.120. The summed E-state index contributed by atoms with van der Waals surface area (Å²) in [4.78, 5) is 7.88. The lowest BCUT2D eigenvalue weighted by Gasteiger charge is -1.98. The van der Waals surface area contributed by atoms with Gasteiger partial charge in [-0.2, -0.15) is 0 Å². The van der Waals surface area contributed by atoms with Crippen LogP contribution in [0, 0.1) is 0 Å². The third-order valence-electron chi connectivity index (χ3n) is 1.93. The Labute approximate surface area is 87.8 Å². The van der Waals surface area contributed by atoms with E-state index < -0.39 is 0 Å². The molecule has 1 aromatic heterocycles. The van der Waals surface area contributed by atoms with Crippen molar-refractivity contribution >= 4 is 11.8 Å². The highest BCUT2D eigenvalue weighted by Gasteiger charge is 1.99. The SMILES string of the molecule is O/C(=C/c1ccccc1)c1cnccn1. The minimum absolute atomic E-state index is 0.120. The zero-order valence-electron chi connectivity index (χ0n) is 8.04. The van der Waals surface area contributed by atoms with Crippen LogP contribution in [-0.2, 0) is 0 Å². The van der Waals surface area contributed by atoms with Crippen molar-refractivity contribution in [3.63, 3.8) is 0 Å². The van der Waals surface area contributed by atoms with Crippen LogP contribution in [0.4, 0.5) is 0 Å². The average Bonchev–Trinajstić information content (AvgIpc) is 2.31.